The highest BCUT2D eigenvalue weighted by Crippen LogP contribution is 2.55. The third-order valence-corrected chi connectivity index (χ3v) is 7.39. The largest absolute Gasteiger partial charge is 0.497 e. The fourth-order valence-corrected chi connectivity index (χ4v) is 5.90. The van der Waals surface area contributed by atoms with Crippen molar-refractivity contribution < 1.29 is 23.1 Å². The number of amides is 2. The summed E-state index contributed by atoms with van der Waals surface area (Å²) in [5, 5.41) is 0. The highest BCUT2D eigenvalue weighted by Gasteiger charge is 2.59. The molecule has 2 heterocycles. The molecule has 1 atom stereocenters. The van der Waals surface area contributed by atoms with Gasteiger partial charge in [0.2, 0.25) is 0 Å². The maximum atomic E-state index is 14.0. The molecule has 0 N–H and O–H groups in total. The molecule has 0 aromatic heterocycles. The first-order valence-corrected chi connectivity index (χ1v) is 11.4. The molecule has 0 saturated carbocycles. The van der Waals surface area contributed by atoms with Crippen LogP contribution in [0.15, 0.2) is 66.7 Å². The number of halogens is 2. The van der Waals surface area contributed by atoms with E-state index in [4.69, 9.17) is 4.74 Å². The third-order valence-electron chi connectivity index (χ3n) is 5.97. The van der Waals surface area contributed by atoms with E-state index < -0.39 is 10.7 Å². The number of hydrogen-bond acceptors (Lipinski definition) is 4. The van der Waals surface area contributed by atoms with Gasteiger partial charge in [-0.1, -0.05) is 12.1 Å². The van der Waals surface area contributed by atoms with E-state index in [0.717, 1.165) is 0 Å². The average Bonchev–Trinajstić information content (AvgIpc) is 3.36. The Bertz CT molecular complexity index is 1250. The summed E-state index contributed by atoms with van der Waals surface area (Å²) in [4.78, 5) is 29.3. The van der Waals surface area contributed by atoms with Crippen LogP contribution < -0.4 is 9.64 Å². The number of methoxy groups -OCH3 is 1. The van der Waals surface area contributed by atoms with Crippen molar-refractivity contribution in [3.63, 3.8) is 0 Å². The Morgan fingerprint density at radius 1 is 1.06 bits per heavy atom. The normalized spacial score (nSPS) is 19.3. The molecule has 0 aliphatic carbocycles. The van der Waals surface area contributed by atoms with Crippen LogP contribution in [0.5, 0.6) is 5.75 Å². The summed E-state index contributed by atoms with van der Waals surface area (Å²) in [7, 11) is 1.54. The van der Waals surface area contributed by atoms with Gasteiger partial charge in [0.15, 0.2) is 4.87 Å². The first kappa shape index (κ1) is 21.5. The van der Waals surface area contributed by atoms with Gasteiger partial charge in [0.25, 0.3) is 11.8 Å². The van der Waals surface area contributed by atoms with Gasteiger partial charge in [0.1, 0.15) is 17.4 Å². The number of hydrogen-bond donors (Lipinski definition) is 0. The minimum absolute atomic E-state index is 0.164. The molecule has 3 aromatic carbocycles. The molecule has 2 aliphatic rings. The number of fused-ring (bicyclic) bond motifs is 2. The first-order valence-electron chi connectivity index (χ1n) is 10.4. The quantitative estimate of drug-likeness (QED) is 0.566. The van der Waals surface area contributed by atoms with E-state index in [1.54, 1.807) is 47.2 Å². The number of ether oxygens (including phenoxy) is 1. The second-order valence-electron chi connectivity index (χ2n) is 7.86. The van der Waals surface area contributed by atoms with Crippen LogP contribution in [0.2, 0.25) is 0 Å². The molecule has 3 aromatic rings. The number of anilines is 1. The molecule has 5 rings (SSSR count). The van der Waals surface area contributed by atoms with Crippen LogP contribution in [0, 0.1) is 11.6 Å². The van der Waals surface area contributed by atoms with E-state index in [0.29, 0.717) is 40.4 Å². The van der Waals surface area contributed by atoms with Crippen molar-refractivity contribution >= 4 is 29.3 Å². The number of carbonyl (C=O) groups excluding carboxylic acids is 2. The molecule has 1 saturated heterocycles. The number of carbonyl (C=O) groups is 2. The minimum atomic E-state index is -1.28. The van der Waals surface area contributed by atoms with Crippen molar-refractivity contribution in [2.45, 2.75) is 11.4 Å². The molecule has 5 nitrogen and oxygen atoms in total. The molecule has 0 radical (unpaired) electrons. The van der Waals surface area contributed by atoms with E-state index in [2.05, 4.69) is 0 Å². The Hall–Kier alpha value is -3.39. The van der Waals surface area contributed by atoms with Crippen molar-refractivity contribution in [1.29, 1.82) is 0 Å². The maximum Gasteiger partial charge on any atom is 0.268 e. The van der Waals surface area contributed by atoms with Crippen molar-refractivity contribution in [1.82, 2.24) is 4.90 Å². The highest BCUT2D eigenvalue weighted by molar-refractivity contribution is 8.01. The van der Waals surface area contributed by atoms with Gasteiger partial charge < -0.3 is 14.5 Å². The summed E-state index contributed by atoms with van der Waals surface area (Å²) in [6.07, 6.45) is 0. The average molecular weight is 467 g/mol. The molecule has 168 valence electrons. The summed E-state index contributed by atoms with van der Waals surface area (Å²) in [6, 6.07) is 16.7. The first-order chi connectivity index (χ1) is 15.9. The van der Waals surface area contributed by atoms with Crippen LogP contribution in [0.4, 0.5) is 14.5 Å². The van der Waals surface area contributed by atoms with Crippen molar-refractivity contribution in [3.8, 4) is 5.75 Å². The van der Waals surface area contributed by atoms with Crippen LogP contribution in [0.25, 0.3) is 0 Å². The van der Waals surface area contributed by atoms with E-state index in [9.17, 15) is 18.4 Å². The molecule has 8 heteroatoms. The number of nitrogens with zero attached hydrogens (tertiary/aromatic N) is 2. The molecule has 0 unspecified atom stereocenters. The summed E-state index contributed by atoms with van der Waals surface area (Å²) in [6.45, 7) is 0.522. The van der Waals surface area contributed by atoms with Crippen LogP contribution in [-0.4, -0.2) is 36.1 Å². The predicted octanol–water partition coefficient (Wildman–Crippen LogP) is 4.56. The second-order valence-corrected chi connectivity index (χ2v) is 9.15. The molecule has 0 bridgehead atoms. The van der Waals surface area contributed by atoms with Gasteiger partial charge in [0.05, 0.1) is 19.3 Å². The van der Waals surface area contributed by atoms with Crippen LogP contribution in [0.1, 0.15) is 21.5 Å². The molecule has 2 aliphatic heterocycles. The van der Waals surface area contributed by atoms with Gasteiger partial charge in [-0.25, -0.2) is 8.78 Å². The molecule has 33 heavy (non-hydrogen) atoms. The Balaban J connectivity index is 1.61. The standard InChI is InChI=1S/C25H20F2N2O3S/c1-32-20-9-10-22-21(14-20)25(24(31)28(22)15-16-3-2-4-19(27)13-16)29(11-12-33-25)23(30)17-5-7-18(26)8-6-17/h2-10,13-14H,11-12,15H2,1H3/t25-/m0/s1. The van der Waals surface area contributed by atoms with Crippen LogP contribution >= 0.6 is 11.8 Å². The topological polar surface area (TPSA) is 49.9 Å². The lowest BCUT2D eigenvalue weighted by Gasteiger charge is -2.33. The Morgan fingerprint density at radius 3 is 2.58 bits per heavy atom. The minimum Gasteiger partial charge on any atom is -0.497 e. The molecular formula is C25H20F2N2O3S. The van der Waals surface area contributed by atoms with E-state index >= 15 is 0 Å². The zero-order valence-electron chi connectivity index (χ0n) is 17.8. The van der Waals surface area contributed by atoms with E-state index in [1.165, 1.54) is 48.2 Å². The lowest BCUT2D eigenvalue weighted by Crippen LogP contribution is -2.50. The third kappa shape index (κ3) is 3.45. The molecular weight excluding hydrogens is 446 g/mol. The summed E-state index contributed by atoms with van der Waals surface area (Å²) < 4.78 is 32.6. The smallest absolute Gasteiger partial charge is 0.268 e. The Morgan fingerprint density at radius 2 is 1.85 bits per heavy atom. The number of thioether (sulfide) groups is 1. The summed E-state index contributed by atoms with van der Waals surface area (Å²) in [5.41, 5.74) is 2.25. The SMILES string of the molecule is COc1ccc2c(c1)[C@]1(SCCN1C(=O)c1ccc(F)cc1)C(=O)N2Cc1cccc(F)c1. The molecule has 1 fully saturated rings. The predicted molar refractivity (Wildman–Crippen MR) is 122 cm³/mol. The van der Waals surface area contributed by atoms with Crippen molar-refractivity contribution in [2.75, 3.05) is 24.3 Å². The lowest BCUT2D eigenvalue weighted by atomic mass is 10.0. The molecule has 2 amide bonds. The Kier molecular flexibility index (Phi) is 5.32. The van der Waals surface area contributed by atoms with Crippen molar-refractivity contribution in [3.05, 3.63) is 95.1 Å². The second kappa shape index (κ2) is 8.19. The number of rotatable bonds is 4. The number of benzene rings is 3. The van der Waals surface area contributed by atoms with Crippen LogP contribution in [-0.2, 0) is 16.2 Å². The lowest BCUT2D eigenvalue weighted by molar-refractivity contribution is -0.123. The highest BCUT2D eigenvalue weighted by atomic mass is 32.2. The summed E-state index contributed by atoms with van der Waals surface area (Å²) in [5.74, 6) is -0.321. The van der Waals surface area contributed by atoms with Gasteiger partial charge >= 0.3 is 0 Å². The van der Waals surface area contributed by atoms with Crippen molar-refractivity contribution in [2.24, 2.45) is 0 Å². The van der Waals surface area contributed by atoms with E-state index in [-0.39, 0.29) is 24.2 Å². The van der Waals surface area contributed by atoms with Crippen LogP contribution in [0.3, 0.4) is 0 Å². The van der Waals surface area contributed by atoms with Gasteiger partial charge in [0, 0.05) is 23.4 Å². The van der Waals surface area contributed by atoms with Gasteiger partial charge in [-0.15, -0.1) is 11.8 Å². The summed E-state index contributed by atoms with van der Waals surface area (Å²) >= 11 is 1.38. The van der Waals surface area contributed by atoms with E-state index in [1.807, 2.05) is 0 Å². The van der Waals surface area contributed by atoms with Gasteiger partial charge in [-0.2, -0.15) is 0 Å². The fourth-order valence-electron chi connectivity index (χ4n) is 4.44. The van der Waals surface area contributed by atoms with Gasteiger partial charge in [-0.05, 0) is 60.2 Å². The molecule has 1 spiro atoms. The zero-order chi connectivity index (χ0) is 23.2. The maximum absolute atomic E-state index is 14.0. The van der Waals surface area contributed by atoms with Gasteiger partial charge in [-0.3, -0.25) is 9.59 Å². The fraction of sp³-hybridized carbons (Fsp3) is 0.200. The monoisotopic (exact) mass is 466 g/mol. The Labute approximate surface area is 193 Å². The zero-order valence-corrected chi connectivity index (χ0v) is 18.6.